The highest BCUT2D eigenvalue weighted by Gasteiger charge is 2.69. The molecule has 0 aromatic rings. The van der Waals surface area contributed by atoms with E-state index in [-0.39, 0.29) is 22.0 Å². The molecule has 5 heteroatoms. The summed E-state index contributed by atoms with van der Waals surface area (Å²) in [5.74, 6) is -0.0998. The summed E-state index contributed by atoms with van der Waals surface area (Å²) < 4.78 is -0.244. The van der Waals surface area contributed by atoms with Crippen LogP contribution in [0, 0.1) is 5.41 Å². The first-order valence-electron chi connectivity index (χ1n) is 6.68. The Hall–Kier alpha value is -1.10. The minimum absolute atomic E-state index is 0.0998. The summed E-state index contributed by atoms with van der Waals surface area (Å²) in [4.78, 5) is 26.1. The summed E-state index contributed by atoms with van der Waals surface area (Å²) in [6.45, 7) is 13.4. The number of nitrogens with zero attached hydrogens (tertiary/aromatic N) is 2. The highest BCUT2D eigenvalue weighted by atomic mass is 16.4. The maximum absolute atomic E-state index is 12.4. The van der Waals surface area contributed by atoms with Crippen LogP contribution in [-0.2, 0) is 4.79 Å². The first kappa shape index (κ1) is 16.0. The minimum atomic E-state index is -0.933. The van der Waals surface area contributed by atoms with Gasteiger partial charge in [0.2, 0.25) is 0 Å². The Morgan fingerprint density at radius 3 is 1.84 bits per heavy atom. The fraction of sp³-hybridized carbons (Fsp3) is 0.857. The van der Waals surface area contributed by atoms with Crippen molar-refractivity contribution in [2.75, 3.05) is 7.05 Å². The van der Waals surface area contributed by atoms with Crippen molar-refractivity contribution in [2.45, 2.75) is 66.2 Å². The molecule has 3 atom stereocenters. The van der Waals surface area contributed by atoms with Gasteiger partial charge in [0, 0.05) is 12.5 Å². The second kappa shape index (κ2) is 4.20. The van der Waals surface area contributed by atoms with Gasteiger partial charge in [-0.1, -0.05) is 20.8 Å². The molecule has 19 heavy (non-hydrogen) atoms. The average Bonchev–Trinajstić information content (AvgIpc) is 2.37. The number of rotatable bonds is 0. The van der Waals surface area contributed by atoms with E-state index < -0.39 is 17.7 Å². The molecule has 5 nitrogen and oxygen atoms in total. The number of carbonyl (C=O) groups excluding carboxylic acids is 1. The Morgan fingerprint density at radius 1 is 1.21 bits per heavy atom. The van der Waals surface area contributed by atoms with Crippen molar-refractivity contribution in [3.8, 4) is 0 Å². The number of carbonyl (C=O) groups is 2. The number of amides is 2. The molecule has 1 aliphatic heterocycles. The second-order valence-corrected chi connectivity index (χ2v) is 7.60. The van der Waals surface area contributed by atoms with E-state index in [2.05, 4.69) is 0 Å². The molecule has 1 rings (SSSR count). The SMILES string of the molecule is CC1C(=O)N(C)C(C(C)(C)C)[N+]1(C(=O)O)C(C)(C)C. The normalized spacial score (nSPS) is 32.8. The lowest BCUT2D eigenvalue weighted by Gasteiger charge is -2.50. The third-order valence-electron chi connectivity index (χ3n) is 4.27. The largest absolute Gasteiger partial charge is 0.516 e. The summed E-state index contributed by atoms with van der Waals surface area (Å²) in [5.41, 5.74) is -0.884. The van der Waals surface area contributed by atoms with E-state index in [4.69, 9.17) is 0 Å². The van der Waals surface area contributed by atoms with Crippen LogP contribution in [0.4, 0.5) is 4.79 Å². The molecule has 0 aromatic heterocycles. The molecule has 0 bridgehead atoms. The van der Waals surface area contributed by atoms with Crippen molar-refractivity contribution >= 4 is 12.0 Å². The molecule has 110 valence electrons. The lowest BCUT2D eigenvalue weighted by molar-refractivity contribution is -0.943. The Labute approximate surface area is 115 Å². The van der Waals surface area contributed by atoms with Crippen LogP contribution in [0.1, 0.15) is 48.5 Å². The van der Waals surface area contributed by atoms with Crippen LogP contribution < -0.4 is 0 Å². The predicted octanol–water partition coefficient (Wildman–Crippen LogP) is 2.51. The standard InChI is InChI=1S/C14H26N2O3/c1-9-10(17)15(8)11(13(2,3)4)16(9,12(18)19)14(5,6)7/h9,11H,1-8H3/p+1. The maximum Gasteiger partial charge on any atom is 0.516 e. The Bertz CT molecular complexity index is 406. The van der Waals surface area contributed by atoms with Gasteiger partial charge in [-0.25, -0.2) is 0 Å². The molecular weight excluding hydrogens is 244 g/mol. The number of carboxylic acid groups (broad SMARTS) is 1. The number of hydrogen-bond donors (Lipinski definition) is 1. The van der Waals surface area contributed by atoms with Gasteiger partial charge in [0.1, 0.15) is 5.54 Å². The van der Waals surface area contributed by atoms with E-state index >= 15 is 0 Å². The molecule has 1 N–H and O–H groups in total. The lowest BCUT2D eigenvalue weighted by Crippen LogP contribution is -2.72. The zero-order valence-electron chi connectivity index (χ0n) is 13.3. The van der Waals surface area contributed by atoms with Gasteiger partial charge >= 0.3 is 6.09 Å². The molecule has 1 heterocycles. The predicted molar refractivity (Wildman–Crippen MR) is 73.5 cm³/mol. The fourth-order valence-corrected chi connectivity index (χ4v) is 3.77. The van der Waals surface area contributed by atoms with E-state index in [1.807, 2.05) is 41.5 Å². The average molecular weight is 271 g/mol. The van der Waals surface area contributed by atoms with Gasteiger partial charge in [-0.3, -0.25) is 9.69 Å². The molecule has 3 unspecified atom stereocenters. The van der Waals surface area contributed by atoms with Gasteiger partial charge in [0.25, 0.3) is 5.91 Å². The van der Waals surface area contributed by atoms with E-state index in [1.54, 1.807) is 18.9 Å². The number of quaternary nitrogens is 1. The van der Waals surface area contributed by atoms with Crippen LogP contribution in [0.2, 0.25) is 0 Å². The smallest absolute Gasteiger partial charge is 0.435 e. The molecular formula is C14H27N2O3+. The van der Waals surface area contributed by atoms with Crippen molar-refractivity contribution < 1.29 is 19.2 Å². The van der Waals surface area contributed by atoms with Gasteiger partial charge in [0.05, 0.1) is 0 Å². The van der Waals surface area contributed by atoms with Gasteiger partial charge in [0.15, 0.2) is 12.2 Å². The zero-order valence-corrected chi connectivity index (χ0v) is 13.3. The summed E-state index contributed by atoms with van der Waals surface area (Å²) in [6.07, 6.45) is -1.31. The Balaban J connectivity index is 3.65. The molecule has 1 saturated heterocycles. The fourth-order valence-electron chi connectivity index (χ4n) is 3.77. The topological polar surface area (TPSA) is 57.6 Å². The number of likely N-dealkylation sites (N-methyl/N-ethyl adjacent to an activating group) is 1. The first-order valence-corrected chi connectivity index (χ1v) is 6.68. The molecule has 0 spiro atoms. The molecule has 1 fully saturated rings. The third kappa shape index (κ3) is 1.95. The molecule has 0 aliphatic carbocycles. The highest BCUT2D eigenvalue weighted by Crippen LogP contribution is 2.46. The minimum Gasteiger partial charge on any atom is -0.435 e. The molecule has 0 aromatic carbocycles. The maximum atomic E-state index is 12.4. The quantitative estimate of drug-likeness (QED) is 0.689. The van der Waals surface area contributed by atoms with Crippen molar-refractivity contribution in [2.24, 2.45) is 5.41 Å². The van der Waals surface area contributed by atoms with Crippen LogP contribution in [-0.4, -0.2) is 51.3 Å². The van der Waals surface area contributed by atoms with Crippen molar-refractivity contribution in [3.05, 3.63) is 0 Å². The van der Waals surface area contributed by atoms with Gasteiger partial charge in [-0.15, -0.1) is 0 Å². The van der Waals surface area contributed by atoms with Crippen LogP contribution in [0.15, 0.2) is 0 Å². The van der Waals surface area contributed by atoms with E-state index in [1.165, 1.54) is 0 Å². The van der Waals surface area contributed by atoms with Gasteiger partial charge < -0.3 is 5.11 Å². The summed E-state index contributed by atoms with van der Waals surface area (Å²) in [5, 5.41) is 9.93. The lowest BCUT2D eigenvalue weighted by atomic mass is 9.86. The van der Waals surface area contributed by atoms with Crippen molar-refractivity contribution in [3.63, 3.8) is 0 Å². The summed E-state index contributed by atoms with van der Waals surface area (Å²) in [6, 6.07) is -0.577. The van der Waals surface area contributed by atoms with Crippen LogP contribution >= 0.6 is 0 Å². The van der Waals surface area contributed by atoms with Crippen LogP contribution in [0.5, 0.6) is 0 Å². The first-order chi connectivity index (χ1) is 8.29. The van der Waals surface area contributed by atoms with Crippen LogP contribution in [0.25, 0.3) is 0 Å². The van der Waals surface area contributed by atoms with Crippen molar-refractivity contribution in [1.29, 1.82) is 0 Å². The van der Waals surface area contributed by atoms with E-state index in [9.17, 15) is 14.7 Å². The van der Waals surface area contributed by atoms with Crippen LogP contribution in [0.3, 0.4) is 0 Å². The van der Waals surface area contributed by atoms with Gasteiger partial charge in [-0.2, -0.15) is 9.28 Å². The number of hydrogen-bond acceptors (Lipinski definition) is 2. The zero-order chi connectivity index (χ0) is 15.4. The molecule has 0 saturated carbocycles. The Morgan fingerprint density at radius 2 is 1.63 bits per heavy atom. The molecule has 2 amide bonds. The van der Waals surface area contributed by atoms with E-state index in [0.29, 0.717) is 0 Å². The second-order valence-electron chi connectivity index (χ2n) is 7.60. The Kier molecular flexibility index (Phi) is 3.53. The van der Waals surface area contributed by atoms with Gasteiger partial charge in [-0.05, 0) is 27.7 Å². The van der Waals surface area contributed by atoms with Crippen molar-refractivity contribution in [1.82, 2.24) is 4.90 Å². The highest BCUT2D eigenvalue weighted by molar-refractivity contribution is 5.84. The summed E-state index contributed by atoms with van der Waals surface area (Å²) >= 11 is 0. The monoisotopic (exact) mass is 271 g/mol. The molecule has 1 aliphatic rings. The van der Waals surface area contributed by atoms with E-state index in [0.717, 1.165) is 0 Å². The third-order valence-corrected chi connectivity index (χ3v) is 4.27. The molecule has 0 radical (unpaired) electrons. The summed E-state index contributed by atoms with van der Waals surface area (Å²) in [7, 11) is 1.71.